The lowest BCUT2D eigenvalue weighted by Gasteiger charge is -2.25. The van der Waals surface area contributed by atoms with Gasteiger partial charge >= 0.3 is 5.63 Å². The number of nitrogens with zero attached hydrogens (tertiary/aromatic N) is 1. The zero-order valence-corrected chi connectivity index (χ0v) is 10.5. The van der Waals surface area contributed by atoms with Gasteiger partial charge < -0.3 is 4.42 Å². The van der Waals surface area contributed by atoms with Crippen molar-refractivity contribution in [1.29, 1.82) is 0 Å². The van der Waals surface area contributed by atoms with Gasteiger partial charge in [0, 0.05) is 12.6 Å². The molecule has 5 heteroatoms. The van der Waals surface area contributed by atoms with E-state index in [2.05, 4.69) is 0 Å². The molecule has 2 rings (SSSR count). The van der Waals surface area contributed by atoms with Crippen LogP contribution in [0.5, 0.6) is 0 Å². The highest BCUT2D eigenvalue weighted by Crippen LogP contribution is 2.22. The van der Waals surface area contributed by atoms with Crippen molar-refractivity contribution in [1.82, 2.24) is 4.90 Å². The van der Waals surface area contributed by atoms with Crippen LogP contribution in [-0.4, -0.2) is 23.3 Å². The predicted octanol–water partition coefficient (Wildman–Crippen LogP) is 1.14. The van der Waals surface area contributed by atoms with Crippen molar-refractivity contribution < 1.29 is 14.0 Å². The molecule has 1 aromatic rings. The number of fused-ring (bicyclic) bond motifs is 1. The molecule has 2 heterocycles. The highest BCUT2D eigenvalue weighted by Gasteiger charge is 2.33. The quantitative estimate of drug-likeness (QED) is 0.753. The summed E-state index contributed by atoms with van der Waals surface area (Å²) < 4.78 is 5.00. The van der Waals surface area contributed by atoms with Gasteiger partial charge in [0.05, 0.1) is 12.0 Å². The van der Waals surface area contributed by atoms with Gasteiger partial charge in [0.25, 0.3) is 5.91 Å². The standard InChI is InChI=1S/C13H15NO4/c1-3-5-8-6-11(16)18-9-7-10(15)14(4-2)13(17)12(8)9/h6H,3-5,7H2,1-2H3. The predicted molar refractivity (Wildman–Crippen MR) is 64.4 cm³/mol. The van der Waals surface area contributed by atoms with E-state index in [0.717, 1.165) is 6.42 Å². The summed E-state index contributed by atoms with van der Waals surface area (Å²) in [4.78, 5) is 36.5. The molecule has 0 fully saturated rings. The summed E-state index contributed by atoms with van der Waals surface area (Å²) in [5.74, 6) is -0.451. The van der Waals surface area contributed by atoms with Crippen LogP contribution in [0.2, 0.25) is 0 Å². The summed E-state index contributed by atoms with van der Waals surface area (Å²) in [6.07, 6.45) is 1.44. The maximum Gasteiger partial charge on any atom is 0.336 e. The van der Waals surface area contributed by atoms with Crippen molar-refractivity contribution in [2.45, 2.75) is 33.1 Å². The number of hydrogen-bond donors (Lipinski definition) is 0. The summed E-state index contributed by atoms with van der Waals surface area (Å²) >= 11 is 0. The molecule has 1 aromatic heterocycles. The van der Waals surface area contributed by atoms with Gasteiger partial charge in [-0.25, -0.2) is 4.79 Å². The van der Waals surface area contributed by atoms with E-state index in [1.807, 2.05) is 6.92 Å². The number of carbonyl (C=O) groups excluding carboxylic acids is 2. The molecular weight excluding hydrogens is 234 g/mol. The Labute approximate surface area is 104 Å². The fourth-order valence-corrected chi connectivity index (χ4v) is 2.24. The maximum absolute atomic E-state index is 12.2. The van der Waals surface area contributed by atoms with Crippen LogP contribution < -0.4 is 5.63 Å². The molecule has 0 unspecified atom stereocenters. The van der Waals surface area contributed by atoms with E-state index < -0.39 is 5.63 Å². The second-order valence-corrected chi connectivity index (χ2v) is 4.26. The van der Waals surface area contributed by atoms with Gasteiger partial charge in [-0.05, 0) is 18.9 Å². The lowest BCUT2D eigenvalue weighted by molar-refractivity contribution is -0.128. The Kier molecular flexibility index (Phi) is 3.32. The molecule has 0 N–H and O–H groups in total. The first-order valence-corrected chi connectivity index (χ1v) is 6.09. The van der Waals surface area contributed by atoms with Crippen LogP contribution in [0.25, 0.3) is 0 Å². The van der Waals surface area contributed by atoms with Crippen LogP contribution in [0.1, 0.15) is 41.9 Å². The van der Waals surface area contributed by atoms with E-state index in [0.29, 0.717) is 24.1 Å². The number of aryl methyl sites for hydroxylation is 1. The zero-order valence-electron chi connectivity index (χ0n) is 10.5. The second kappa shape index (κ2) is 4.76. The van der Waals surface area contributed by atoms with Crippen LogP contribution in [0, 0.1) is 0 Å². The van der Waals surface area contributed by atoms with E-state index in [-0.39, 0.29) is 24.0 Å². The van der Waals surface area contributed by atoms with E-state index in [1.54, 1.807) is 6.92 Å². The largest absolute Gasteiger partial charge is 0.426 e. The minimum Gasteiger partial charge on any atom is -0.426 e. The fraction of sp³-hybridized carbons (Fsp3) is 0.462. The van der Waals surface area contributed by atoms with E-state index >= 15 is 0 Å². The third-order valence-corrected chi connectivity index (χ3v) is 3.02. The normalized spacial score (nSPS) is 14.9. The van der Waals surface area contributed by atoms with Crippen LogP contribution >= 0.6 is 0 Å². The molecule has 0 aliphatic carbocycles. The monoisotopic (exact) mass is 249 g/mol. The number of carbonyl (C=O) groups is 2. The SMILES string of the molecule is CCCc1cc(=O)oc2c1C(=O)N(CC)C(=O)C2. The summed E-state index contributed by atoms with van der Waals surface area (Å²) in [5, 5.41) is 0. The Morgan fingerprint density at radius 3 is 2.61 bits per heavy atom. The second-order valence-electron chi connectivity index (χ2n) is 4.26. The Hall–Kier alpha value is -1.91. The molecule has 0 radical (unpaired) electrons. The minimum atomic E-state index is -0.497. The Bertz CT molecular complexity index is 559. The van der Waals surface area contributed by atoms with Crippen molar-refractivity contribution in [2.75, 3.05) is 6.54 Å². The highest BCUT2D eigenvalue weighted by atomic mass is 16.4. The van der Waals surface area contributed by atoms with E-state index in [9.17, 15) is 14.4 Å². The average molecular weight is 249 g/mol. The zero-order chi connectivity index (χ0) is 13.3. The molecule has 1 aliphatic heterocycles. The number of imide groups is 1. The first-order chi connectivity index (χ1) is 8.58. The summed E-state index contributed by atoms with van der Waals surface area (Å²) in [6, 6.07) is 1.35. The molecule has 5 nitrogen and oxygen atoms in total. The Balaban J connectivity index is 2.60. The van der Waals surface area contributed by atoms with Crippen molar-refractivity contribution in [3.8, 4) is 0 Å². The smallest absolute Gasteiger partial charge is 0.336 e. The third-order valence-electron chi connectivity index (χ3n) is 3.02. The van der Waals surface area contributed by atoms with Crippen molar-refractivity contribution >= 4 is 11.8 Å². The van der Waals surface area contributed by atoms with Gasteiger partial charge in [-0.3, -0.25) is 14.5 Å². The minimum absolute atomic E-state index is 0.0122. The molecule has 18 heavy (non-hydrogen) atoms. The molecular formula is C13H15NO4. The number of likely N-dealkylation sites (N-methyl/N-ethyl adjacent to an activating group) is 1. The van der Waals surface area contributed by atoms with Crippen molar-refractivity contribution in [3.63, 3.8) is 0 Å². The highest BCUT2D eigenvalue weighted by molar-refractivity contribution is 6.09. The maximum atomic E-state index is 12.2. The van der Waals surface area contributed by atoms with Crippen LogP contribution in [0.3, 0.4) is 0 Å². The fourth-order valence-electron chi connectivity index (χ4n) is 2.24. The third kappa shape index (κ3) is 1.96. The van der Waals surface area contributed by atoms with Crippen LogP contribution in [-0.2, 0) is 17.6 Å². The molecule has 0 spiro atoms. The van der Waals surface area contributed by atoms with Crippen molar-refractivity contribution in [3.05, 3.63) is 33.4 Å². The first-order valence-electron chi connectivity index (χ1n) is 6.09. The van der Waals surface area contributed by atoms with Crippen molar-refractivity contribution in [2.24, 2.45) is 0 Å². The van der Waals surface area contributed by atoms with Gasteiger partial charge in [0.1, 0.15) is 5.76 Å². The van der Waals surface area contributed by atoms with E-state index in [4.69, 9.17) is 4.42 Å². The lowest BCUT2D eigenvalue weighted by atomic mass is 9.97. The van der Waals surface area contributed by atoms with E-state index in [1.165, 1.54) is 11.0 Å². The van der Waals surface area contributed by atoms with Gasteiger partial charge in [-0.1, -0.05) is 13.3 Å². The summed E-state index contributed by atoms with van der Waals surface area (Å²) in [6.45, 7) is 4.05. The summed E-state index contributed by atoms with van der Waals surface area (Å²) in [5.41, 5.74) is 0.584. The molecule has 2 amide bonds. The Morgan fingerprint density at radius 2 is 2.00 bits per heavy atom. The molecule has 0 saturated heterocycles. The van der Waals surface area contributed by atoms with Crippen LogP contribution in [0.4, 0.5) is 0 Å². The van der Waals surface area contributed by atoms with Gasteiger partial charge in [-0.15, -0.1) is 0 Å². The first kappa shape index (κ1) is 12.5. The molecule has 0 saturated carbocycles. The number of hydrogen-bond acceptors (Lipinski definition) is 4. The van der Waals surface area contributed by atoms with Gasteiger partial charge in [0.2, 0.25) is 5.91 Å². The number of rotatable bonds is 3. The molecule has 0 aromatic carbocycles. The number of amides is 2. The lowest BCUT2D eigenvalue weighted by Crippen LogP contribution is -2.43. The Morgan fingerprint density at radius 1 is 1.28 bits per heavy atom. The van der Waals surface area contributed by atoms with Gasteiger partial charge in [0.15, 0.2) is 0 Å². The molecule has 96 valence electrons. The van der Waals surface area contributed by atoms with Crippen LogP contribution in [0.15, 0.2) is 15.3 Å². The molecule has 0 bridgehead atoms. The topological polar surface area (TPSA) is 67.6 Å². The molecule has 1 aliphatic rings. The average Bonchev–Trinajstić information content (AvgIpc) is 2.28. The van der Waals surface area contributed by atoms with Gasteiger partial charge in [-0.2, -0.15) is 0 Å². The molecule has 0 atom stereocenters. The summed E-state index contributed by atoms with van der Waals surface area (Å²) in [7, 11) is 0.